The lowest BCUT2D eigenvalue weighted by Gasteiger charge is -2.39. The molecule has 0 unspecified atom stereocenters. The second kappa shape index (κ2) is 11.0. The molecule has 3 aromatic rings. The van der Waals surface area contributed by atoms with Crippen LogP contribution in [-0.4, -0.2) is 85.2 Å². The van der Waals surface area contributed by atoms with Crippen LogP contribution in [0.15, 0.2) is 35.4 Å². The summed E-state index contributed by atoms with van der Waals surface area (Å²) in [5, 5.41) is 3.08. The summed E-state index contributed by atoms with van der Waals surface area (Å²) < 4.78 is 68.5. The van der Waals surface area contributed by atoms with Gasteiger partial charge < -0.3 is 20.0 Å². The van der Waals surface area contributed by atoms with Crippen molar-refractivity contribution in [3.63, 3.8) is 0 Å². The van der Waals surface area contributed by atoms with Crippen LogP contribution in [0.2, 0.25) is 0 Å². The topological polar surface area (TPSA) is 98.7 Å². The fourth-order valence-corrected chi connectivity index (χ4v) is 8.52. The van der Waals surface area contributed by atoms with Crippen LogP contribution in [0.1, 0.15) is 47.5 Å². The van der Waals surface area contributed by atoms with E-state index in [-0.39, 0.29) is 38.9 Å². The standard InChI is InChI=1S/C29H33F3N6O3S2/c1-4-18-13-20(37-10-9-36(3)17(2)16-37)7-8-22(18)34-28-33-15-21(29(30,31)32)25(35-28)23-14-24-26(42-23)27(39)38(19-5-6-19)11-12-43(24,40)41/h7-8,13-15,17,19H,4-6,9-12,16H2,1-3H3,(H,33,34,35)/t17-/m1/s1. The number of aryl methyl sites for hydroxylation is 1. The van der Waals surface area contributed by atoms with Crippen molar-refractivity contribution in [2.45, 2.75) is 56.3 Å². The number of carbonyl (C=O) groups excluding carboxylic acids is 1. The second-order valence-corrected chi connectivity index (χ2v) is 14.5. The van der Waals surface area contributed by atoms with Crippen molar-refractivity contribution in [1.29, 1.82) is 0 Å². The van der Waals surface area contributed by atoms with Gasteiger partial charge in [-0.3, -0.25) is 4.79 Å². The van der Waals surface area contributed by atoms with Gasteiger partial charge in [0.05, 0.1) is 21.2 Å². The van der Waals surface area contributed by atoms with E-state index in [0.29, 0.717) is 24.3 Å². The predicted molar refractivity (Wildman–Crippen MR) is 160 cm³/mol. The quantitative estimate of drug-likeness (QED) is 0.402. The van der Waals surface area contributed by atoms with E-state index in [1.807, 2.05) is 19.1 Å². The van der Waals surface area contributed by atoms with Gasteiger partial charge >= 0.3 is 6.18 Å². The summed E-state index contributed by atoms with van der Waals surface area (Å²) >= 11 is 0.735. The first-order valence-electron chi connectivity index (χ1n) is 14.3. The molecule has 9 nitrogen and oxygen atoms in total. The first-order valence-corrected chi connectivity index (χ1v) is 16.8. The number of benzene rings is 1. The average molecular weight is 635 g/mol. The summed E-state index contributed by atoms with van der Waals surface area (Å²) in [6.07, 6.45) is -1.86. The fraction of sp³-hybridized carbons (Fsp3) is 0.483. The molecule has 14 heteroatoms. The highest BCUT2D eigenvalue weighted by atomic mass is 32.2. The van der Waals surface area contributed by atoms with E-state index in [2.05, 4.69) is 45.1 Å². The van der Waals surface area contributed by atoms with Gasteiger partial charge in [0.2, 0.25) is 5.95 Å². The number of fused-ring (bicyclic) bond motifs is 1. The minimum Gasteiger partial charge on any atom is -0.369 e. The molecular weight excluding hydrogens is 601 g/mol. The lowest BCUT2D eigenvalue weighted by atomic mass is 10.1. The van der Waals surface area contributed by atoms with Crippen molar-refractivity contribution < 1.29 is 26.4 Å². The number of sulfone groups is 1. The predicted octanol–water partition coefficient (Wildman–Crippen LogP) is 5.06. The summed E-state index contributed by atoms with van der Waals surface area (Å²) in [6, 6.07) is 7.47. The third-order valence-electron chi connectivity index (χ3n) is 8.45. The van der Waals surface area contributed by atoms with E-state index in [1.54, 1.807) is 0 Å². The van der Waals surface area contributed by atoms with Crippen LogP contribution in [-0.2, 0) is 22.4 Å². The van der Waals surface area contributed by atoms with Gasteiger partial charge in [-0.25, -0.2) is 18.4 Å². The van der Waals surface area contributed by atoms with Gasteiger partial charge in [0, 0.05) is 55.8 Å². The number of aromatic nitrogens is 2. The molecule has 3 aliphatic rings. The number of carbonyl (C=O) groups is 1. The summed E-state index contributed by atoms with van der Waals surface area (Å²) in [5.74, 6) is -0.793. The number of piperazine rings is 1. The molecule has 2 aromatic heterocycles. The third kappa shape index (κ3) is 5.84. The Hall–Kier alpha value is -3.23. The number of hydrogen-bond donors (Lipinski definition) is 1. The van der Waals surface area contributed by atoms with Crippen LogP contribution in [0.3, 0.4) is 0 Å². The third-order valence-corrected chi connectivity index (χ3v) is 11.4. The lowest BCUT2D eigenvalue weighted by Crippen LogP contribution is -2.50. The van der Waals surface area contributed by atoms with Crippen LogP contribution in [0.5, 0.6) is 0 Å². The van der Waals surface area contributed by atoms with Crippen molar-refractivity contribution in [3.05, 3.63) is 46.5 Å². The van der Waals surface area contributed by atoms with Crippen LogP contribution in [0.25, 0.3) is 10.6 Å². The largest absolute Gasteiger partial charge is 0.420 e. The summed E-state index contributed by atoms with van der Waals surface area (Å²) in [4.78, 5) is 27.3. The molecule has 230 valence electrons. The van der Waals surface area contributed by atoms with Crippen LogP contribution in [0.4, 0.5) is 30.5 Å². The maximum Gasteiger partial charge on any atom is 0.420 e. The van der Waals surface area contributed by atoms with E-state index >= 15 is 0 Å². The molecule has 0 spiro atoms. The Balaban J connectivity index is 1.35. The number of nitrogens with zero attached hydrogens (tertiary/aromatic N) is 5. The summed E-state index contributed by atoms with van der Waals surface area (Å²) in [7, 11) is -1.76. The Kier molecular flexibility index (Phi) is 7.66. The molecule has 1 saturated carbocycles. The van der Waals surface area contributed by atoms with Gasteiger partial charge in [-0.2, -0.15) is 13.2 Å². The Bertz CT molecular complexity index is 1670. The van der Waals surface area contributed by atoms with Crippen molar-refractivity contribution in [3.8, 4) is 10.6 Å². The zero-order valence-electron chi connectivity index (χ0n) is 24.1. The molecule has 0 bridgehead atoms. The monoisotopic (exact) mass is 634 g/mol. The van der Waals surface area contributed by atoms with Gasteiger partial charge in [-0.05, 0) is 63.1 Å². The first-order chi connectivity index (χ1) is 20.4. The van der Waals surface area contributed by atoms with Gasteiger partial charge in [-0.15, -0.1) is 11.3 Å². The normalized spacial score (nSPS) is 21.1. The molecule has 1 atom stereocenters. The Morgan fingerprint density at radius 2 is 1.91 bits per heavy atom. The molecule has 1 aromatic carbocycles. The fourth-order valence-electron chi connectivity index (χ4n) is 5.60. The number of amides is 1. The number of alkyl halides is 3. The molecule has 2 fully saturated rings. The molecule has 1 amide bonds. The molecular formula is C29H33F3N6O3S2. The van der Waals surface area contributed by atoms with E-state index in [0.717, 1.165) is 61.1 Å². The number of nitrogens with one attached hydrogen (secondary N) is 1. The van der Waals surface area contributed by atoms with E-state index in [4.69, 9.17) is 0 Å². The van der Waals surface area contributed by atoms with Gasteiger partial charge in [0.1, 0.15) is 10.4 Å². The number of anilines is 3. The Morgan fingerprint density at radius 1 is 1.14 bits per heavy atom. The lowest BCUT2D eigenvalue weighted by molar-refractivity contribution is -0.137. The number of hydrogen-bond acceptors (Lipinski definition) is 9. The minimum absolute atomic E-state index is 0.0291. The van der Waals surface area contributed by atoms with Gasteiger partial charge in [-0.1, -0.05) is 6.92 Å². The number of thiophene rings is 1. The van der Waals surface area contributed by atoms with Crippen molar-refractivity contribution in [2.24, 2.45) is 0 Å². The van der Waals surface area contributed by atoms with Crippen LogP contribution >= 0.6 is 11.3 Å². The van der Waals surface area contributed by atoms with Crippen molar-refractivity contribution >= 4 is 44.4 Å². The highest BCUT2D eigenvalue weighted by Gasteiger charge is 2.41. The maximum atomic E-state index is 14.1. The van der Waals surface area contributed by atoms with Crippen molar-refractivity contribution in [2.75, 3.05) is 49.2 Å². The second-order valence-electron chi connectivity index (χ2n) is 11.4. The summed E-state index contributed by atoms with van der Waals surface area (Å²) in [6.45, 7) is 6.98. The summed E-state index contributed by atoms with van der Waals surface area (Å²) in [5.41, 5.74) is 1.12. The highest BCUT2D eigenvalue weighted by Crippen LogP contribution is 2.43. The minimum atomic E-state index is -4.80. The van der Waals surface area contributed by atoms with E-state index in [1.165, 1.54) is 4.90 Å². The number of halogens is 3. The first kappa shape index (κ1) is 29.8. The molecule has 43 heavy (non-hydrogen) atoms. The zero-order valence-corrected chi connectivity index (χ0v) is 25.7. The molecule has 1 saturated heterocycles. The Labute approximate surface area is 252 Å². The van der Waals surface area contributed by atoms with Crippen LogP contribution < -0.4 is 10.2 Å². The van der Waals surface area contributed by atoms with Crippen molar-refractivity contribution in [1.82, 2.24) is 19.8 Å². The molecule has 2 aliphatic heterocycles. The molecule has 6 rings (SSSR count). The molecule has 1 N–H and O–H groups in total. The maximum absolute atomic E-state index is 14.1. The van der Waals surface area contributed by atoms with Gasteiger partial charge in [0.15, 0.2) is 9.84 Å². The number of likely N-dealkylation sites (N-methyl/N-ethyl adjacent to an activating group) is 1. The van der Waals surface area contributed by atoms with E-state index < -0.39 is 33.2 Å². The smallest absolute Gasteiger partial charge is 0.369 e. The highest BCUT2D eigenvalue weighted by molar-refractivity contribution is 7.91. The zero-order chi connectivity index (χ0) is 30.7. The SMILES string of the molecule is CCc1cc(N2CCN(C)[C@H](C)C2)ccc1Nc1ncc(C(F)(F)F)c(-c2cc3c(s2)C(=O)N(C2CC2)CCS3(=O)=O)n1. The van der Waals surface area contributed by atoms with Crippen LogP contribution in [0, 0.1) is 0 Å². The Morgan fingerprint density at radius 3 is 2.58 bits per heavy atom. The molecule has 0 radical (unpaired) electrons. The van der Waals surface area contributed by atoms with Gasteiger partial charge in [0.25, 0.3) is 5.91 Å². The molecule has 1 aliphatic carbocycles. The molecule has 4 heterocycles. The number of rotatable bonds is 6. The average Bonchev–Trinajstić information content (AvgIpc) is 3.70. The van der Waals surface area contributed by atoms with E-state index in [9.17, 15) is 26.4 Å².